The summed E-state index contributed by atoms with van der Waals surface area (Å²) in [5.41, 5.74) is 1.74. The Morgan fingerprint density at radius 2 is 1.86 bits per heavy atom. The van der Waals surface area contributed by atoms with Crippen LogP contribution in [0.1, 0.15) is 51.0 Å². The van der Waals surface area contributed by atoms with Gasteiger partial charge in [0.2, 0.25) is 0 Å². The number of halogens is 1. The molecule has 1 fully saturated rings. The minimum atomic E-state index is -0.436. The molecule has 0 radical (unpaired) electrons. The zero-order valence-corrected chi connectivity index (χ0v) is 15.0. The number of ether oxygens (including phenoxy) is 1. The molecule has 5 nitrogen and oxygen atoms in total. The zero-order valence-electron chi connectivity index (χ0n) is 13.4. The standard InChI is InChI=1S/C15H24BrN3O2/c1-10-13(16)11(2)19(17-10)12-6-8-18(9-7-12)14(20)21-15(3,4)5/h12H,6-9H2,1-5H3. The summed E-state index contributed by atoms with van der Waals surface area (Å²) in [5.74, 6) is 0. The molecule has 0 spiro atoms. The first-order chi connectivity index (χ1) is 9.69. The second kappa shape index (κ2) is 5.99. The number of nitrogens with zero attached hydrogens (tertiary/aromatic N) is 3. The van der Waals surface area contributed by atoms with E-state index >= 15 is 0 Å². The van der Waals surface area contributed by atoms with E-state index in [1.54, 1.807) is 4.90 Å². The quantitative estimate of drug-likeness (QED) is 0.767. The van der Waals surface area contributed by atoms with Gasteiger partial charge in [-0.2, -0.15) is 5.10 Å². The van der Waals surface area contributed by atoms with Crippen molar-refractivity contribution in [2.45, 2.75) is 59.1 Å². The maximum absolute atomic E-state index is 12.1. The molecule has 1 aromatic rings. The molecule has 1 amide bonds. The molecule has 0 unspecified atom stereocenters. The second-order valence-corrected chi connectivity index (χ2v) is 7.42. The van der Waals surface area contributed by atoms with Gasteiger partial charge in [0.25, 0.3) is 0 Å². The van der Waals surface area contributed by atoms with Crippen molar-refractivity contribution in [1.82, 2.24) is 14.7 Å². The van der Waals surface area contributed by atoms with Crippen LogP contribution < -0.4 is 0 Å². The summed E-state index contributed by atoms with van der Waals surface area (Å²) in [6.07, 6.45) is 1.61. The van der Waals surface area contributed by atoms with E-state index in [2.05, 4.69) is 32.6 Å². The Morgan fingerprint density at radius 1 is 1.29 bits per heavy atom. The van der Waals surface area contributed by atoms with Crippen LogP contribution in [0.15, 0.2) is 4.47 Å². The summed E-state index contributed by atoms with van der Waals surface area (Å²) < 4.78 is 8.59. The van der Waals surface area contributed by atoms with Crippen molar-refractivity contribution in [2.75, 3.05) is 13.1 Å². The van der Waals surface area contributed by atoms with Gasteiger partial charge in [-0.25, -0.2) is 4.79 Å². The van der Waals surface area contributed by atoms with Crippen molar-refractivity contribution in [3.05, 3.63) is 15.9 Å². The Hall–Kier alpha value is -1.04. The van der Waals surface area contributed by atoms with E-state index in [4.69, 9.17) is 4.74 Å². The van der Waals surface area contributed by atoms with Crippen molar-refractivity contribution in [2.24, 2.45) is 0 Å². The highest BCUT2D eigenvalue weighted by molar-refractivity contribution is 9.10. The smallest absolute Gasteiger partial charge is 0.410 e. The van der Waals surface area contributed by atoms with Crippen LogP contribution in [0.5, 0.6) is 0 Å². The molecule has 0 N–H and O–H groups in total. The van der Waals surface area contributed by atoms with Gasteiger partial charge in [-0.15, -0.1) is 0 Å². The van der Waals surface area contributed by atoms with Crippen LogP contribution >= 0.6 is 15.9 Å². The molecule has 2 heterocycles. The van der Waals surface area contributed by atoms with Crippen molar-refractivity contribution in [3.8, 4) is 0 Å². The molecule has 1 aliphatic heterocycles. The fourth-order valence-electron chi connectivity index (χ4n) is 2.62. The molecule has 6 heteroatoms. The number of piperidine rings is 1. The number of hydrogen-bond donors (Lipinski definition) is 0. The Bertz CT molecular complexity index is 526. The molecule has 2 rings (SSSR count). The molecule has 0 saturated carbocycles. The summed E-state index contributed by atoms with van der Waals surface area (Å²) in [7, 11) is 0. The maximum atomic E-state index is 12.1. The number of aryl methyl sites for hydroxylation is 1. The Kier molecular flexibility index (Phi) is 4.66. The highest BCUT2D eigenvalue weighted by atomic mass is 79.9. The minimum absolute atomic E-state index is 0.213. The molecule has 0 aromatic carbocycles. The van der Waals surface area contributed by atoms with Crippen molar-refractivity contribution in [3.63, 3.8) is 0 Å². The van der Waals surface area contributed by atoms with Gasteiger partial charge in [-0.1, -0.05) is 0 Å². The first-order valence-electron chi connectivity index (χ1n) is 7.38. The van der Waals surface area contributed by atoms with E-state index in [1.807, 2.05) is 27.7 Å². The fraction of sp³-hybridized carbons (Fsp3) is 0.733. The van der Waals surface area contributed by atoms with Crippen LogP contribution in [-0.4, -0.2) is 39.5 Å². The lowest BCUT2D eigenvalue weighted by Crippen LogP contribution is -2.42. The van der Waals surface area contributed by atoms with Gasteiger partial charge in [0.05, 0.1) is 21.9 Å². The molecule has 0 aliphatic carbocycles. The highest BCUT2D eigenvalue weighted by Crippen LogP contribution is 2.28. The van der Waals surface area contributed by atoms with E-state index in [9.17, 15) is 4.79 Å². The number of likely N-dealkylation sites (tertiary alicyclic amines) is 1. The largest absolute Gasteiger partial charge is 0.444 e. The number of amides is 1. The number of hydrogen-bond acceptors (Lipinski definition) is 3. The summed E-state index contributed by atoms with van der Waals surface area (Å²) in [5, 5.41) is 4.60. The predicted octanol–water partition coefficient (Wildman–Crippen LogP) is 3.83. The molecule has 0 bridgehead atoms. The van der Waals surface area contributed by atoms with E-state index in [0.29, 0.717) is 6.04 Å². The van der Waals surface area contributed by atoms with Gasteiger partial charge in [-0.3, -0.25) is 4.68 Å². The summed E-state index contributed by atoms with van der Waals surface area (Å²) in [4.78, 5) is 13.8. The van der Waals surface area contributed by atoms with Crippen LogP contribution in [0.3, 0.4) is 0 Å². The maximum Gasteiger partial charge on any atom is 0.410 e. The summed E-state index contributed by atoms with van der Waals surface area (Å²) in [6.45, 7) is 11.2. The van der Waals surface area contributed by atoms with E-state index < -0.39 is 5.60 Å². The average molecular weight is 358 g/mol. The molecule has 1 aliphatic rings. The molecule has 1 aromatic heterocycles. The molecule has 21 heavy (non-hydrogen) atoms. The predicted molar refractivity (Wildman–Crippen MR) is 85.5 cm³/mol. The van der Waals surface area contributed by atoms with Crippen LogP contribution in [0, 0.1) is 13.8 Å². The van der Waals surface area contributed by atoms with Crippen molar-refractivity contribution >= 4 is 22.0 Å². The third-order valence-corrected chi connectivity index (χ3v) is 4.85. The van der Waals surface area contributed by atoms with Gasteiger partial charge >= 0.3 is 6.09 Å². The molecule has 118 valence electrons. The number of carbonyl (C=O) groups is 1. The average Bonchev–Trinajstić information content (AvgIpc) is 2.65. The summed E-state index contributed by atoms with van der Waals surface area (Å²) >= 11 is 3.57. The highest BCUT2D eigenvalue weighted by Gasteiger charge is 2.28. The van der Waals surface area contributed by atoms with Gasteiger partial charge < -0.3 is 9.64 Å². The normalized spacial score (nSPS) is 17.1. The topological polar surface area (TPSA) is 47.4 Å². The first kappa shape index (κ1) is 16.3. The molecule has 1 saturated heterocycles. The van der Waals surface area contributed by atoms with Crippen molar-refractivity contribution in [1.29, 1.82) is 0 Å². The second-order valence-electron chi connectivity index (χ2n) is 6.63. The van der Waals surface area contributed by atoms with Crippen LogP contribution in [0.25, 0.3) is 0 Å². The van der Waals surface area contributed by atoms with E-state index in [1.165, 1.54) is 0 Å². The summed E-state index contributed by atoms with van der Waals surface area (Å²) in [6, 6.07) is 0.355. The van der Waals surface area contributed by atoms with Gasteiger partial charge in [0, 0.05) is 13.1 Å². The molecular weight excluding hydrogens is 334 g/mol. The Morgan fingerprint density at radius 3 is 2.29 bits per heavy atom. The van der Waals surface area contributed by atoms with Gasteiger partial charge in [0.1, 0.15) is 5.60 Å². The van der Waals surface area contributed by atoms with Crippen molar-refractivity contribution < 1.29 is 9.53 Å². The van der Waals surface area contributed by atoms with Crippen LogP contribution in [-0.2, 0) is 4.74 Å². The van der Waals surface area contributed by atoms with Crippen LogP contribution in [0.4, 0.5) is 4.79 Å². The third-order valence-electron chi connectivity index (χ3n) is 3.70. The lowest BCUT2D eigenvalue weighted by atomic mass is 10.1. The molecule has 0 atom stereocenters. The lowest BCUT2D eigenvalue weighted by Gasteiger charge is -2.33. The number of carbonyl (C=O) groups excluding carboxylic acids is 1. The Labute approximate surface area is 134 Å². The lowest BCUT2D eigenvalue weighted by molar-refractivity contribution is 0.0184. The number of rotatable bonds is 1. The Balaban J connectivity index is 1.97. The van der Waals surface area contributed by atoms with Gasteiger partial charge in [-0.05, 0) is 63.4 Å². The van der Waals surface area contributed by atoms with E-state index in [0.717, 1.165) is 41.8 Å². The number of aromatic nitrogens is 2. The third kappa shape index (κ3) is 3.78. The van der Waals surface area contributed by atoms with Crippen LogP contribution in [0.2, 0.25) is 0 Å². The van der Waals surface area contributed by atoms with E-state index in [-0.39, 0.29) is 6.09 Å². The van der Waals surface area contributed by atoms with Gasteiger partial charge in [0.15, 0.2) is 0 Å². The molecular formula is C15H24BrN3O2. The monoisotopic (exact) mass is 357 g/mol. The first-order valence-corrected chi connectivity index (χ1v) is 8.17. The fourth-order valence-corrected chi connectivity index (χ4v) is 2.88. The zero-order chi connectivity index (χ0) is 15.8. The SMILES string of the molecule is Cc1nn(C2CCN(C(=O)OC(C)(C)C)CC2)c(C)c1Br. The minimum Gasteiger partial charge on any atom is -0.444 e.